The zero-order valence-electron chi connectivity index (χ0n) is 9.94. The quantitative estimate of drug-likeness (QED) is 0.366. The lowest BCUT2D eigenvalue weighted by Gasteiger charge is -2.01. The molecule has 0 aliphatic carbocycles. The molecule has 0 heterocycles. The molecule has 0 saturated heterocycles. The molecule has 1 aromatic rings. The summed E-state index contributed by atoms with van der Waals surface area (Å²) in [6.07, 6.45) is 4.94. The third kappa shape index (κ3) is 4.09. The normalized spacial score (nSPS) is 11.7. The largest absolute Gasteiger partial charge is 0.490 e. The van der Waals surface area contributed by atoms with Crippen LogP contribution in [0, 0.1) is 0 Å². The molecule has 1 rings (SSSR count). The summed E-state index contributed by atoms with van der Waals surface area (Å²) < 4.78 is 9.41. The number of ether oxygens (including phenoxy) is 2. The molecule has 1 aromatic carbocycles. The molecule has 0 aliphatic rings. The van der Waals surface area contributed by atoms with Crippen LogP contribution < -0.4 is 0 Å². The van der Waals surface area contributed by atoms with E-state index in [-0.39, 0.29) is 5.76 Å². The van der Waals surface area contributed by atoms with E-state index in [0.717, 1.165) is 5.56 Å². The predicted molar refractivity (Wildman–Crippen MR) is 72.6 cm³/mol. The maximum absolute atomic E-state index is 11.2. The number of halogens is 2. The van der Waals surface area contributed by atoms with Crippen LogP contribution in [0.15, 0.2) is 36.1 Å². The van der Waals surface area contributed by atoms with Gasteiger partial charge in [0.25, 0.3) is 0 Å². The van der Waals surface area contributed by atoms with E-state index in [0.29, 0.717) is 10.0 Å². The molecule has 0 atom stereocenters. The summed E-state index contributed by atoms with van der Waals surface area (Å²) in [6.45, 7) is 0. The van der Waals surface area contributed by atoms with Crippen molar-refractivity contribution >= 4 is 35.2 Å². The number of esters is 1. The number of hydrogen-bond acceptors (Lipinski definition) is 3. The van der Waals surface area contributed by atoms with E-state index in [2.05, 4.69) is 4.74 Å². The van der Waals surface area contributed by atoms with Gasteiger partial charge >= 0.3 is 5.97 Å². The van der Waals surface area contributed by atoms with Gasteiger partial charge in [-0.2, -0.15) is 0 Å². The standard InChI is InChI=1S/C13H12Cl2O3/c1-17-12(13(16)18-2)5-3-4-9-6-7-10(14)11(15)8-9/h3-8H,1-2H3/b4-3+,12-5-. The first kappa shape index (κ1) is 14.6. The molecule has 96 valence electrons. The highest BCUT2D eigenvalue weighted by Gasteiger charge is 2.07. The number of allylic oxidation sites excluding steroid dienone is 2. The van der Waals surface area contributed by atoms with Gasteiger partial charge in [0.15, 0.2) is 0 Å². The first-order valence-electron chi connectivity index (χ1n) is 5.04. The van der Waals surface area contributed by atoms with E-state index >= 15 is 0 Å². The fourth-order valence-electron chi connectivity index (χ4n) is 1.18. The summed E-state index contributed by atoms with van der Waals surface area (Å²) in [5.74, 6) is -0.412. The van der Waals surface area contributed by atoms with Gasteiger partial charge in [0.2, 0.25) is 5.76 Å². The van der Waals surface area contributed by atoms with Crippen LogP contribution in [0.5, 0.6) is 0 Å². The van der Waals surface area contributed by atoms with Crippen LogP contribution >= 0.6 is 23.2 Å². The molecular weight excluding hydrogens is 275 g/mol. The summed E-state index contributed by atoms with van der Waals surface area (Å²) in [7, 11) is 2.69. The number of benzene rings is 1. The first-order valence-corrected chi connectivity index (χ1v) is 5.79. The number of carbonyl (C=O) groups excluding carboxylic acids is 1. The van der Waals surface area contributed by atoms with Crippen molar-refractivity contribution in [3.05, 3.63) is 51.7 Å². The summed E-state index contributed by atoms with van der Waals surface area (Å²) >= 11 is 11.7. The molecule has 0 fully saturated rings. The monoisotopic (exact) mass is 286 g/mol. The van der Waals surface area contributed by atoms with Crippen LogP contribution in [0.25, 0.3) is 6.08 Å². The second-order valence-corrected chi connectivity index (χ2v) is 4.07. The highest BCUT2D eigenvalue weighted by molar-refractivity contribution is 6.42. The van der Waals surface area contributed by atoms with Crippen LogP contribution in [-0.2, 0) is 14.3 Å². The van der Waals surface area contributed by atoms with Gasteiger partial charge in [0.1, 0.15) is 0 Å². The third-order valence-corrected chi connectivity index (χ3v) is 2.83. The Morgan fingerprint density at radius 3 is 2.44 bits per heavy atom. The van der Waals surface area contributed by atoms with Gasteiger partial charge in [-0.1, -0.05) is 41.4 Å². The highest BCUT2D eigenvalue weighted by Crippen LogP contribution is 2.23. The van der Waals surface area contributed by atoms with Gasteiger partial charge in [0.05, 0.1) is 24.3 Å². The Labute approximate surface area is 116 Å². The van der Waals surface area contributed by atoms with Gasteiger partial charge in [0, 0.05) is 0 Å². The number of methoxy groups -OCH3 is 2. The Morgan fingerprint density at radius 2 is 1.89 bits per heavy atom. The molecule has 5 heteroatoms. The molecule has 0 saturated carbocycles. The van der Waals surface area contributed by atoms with E-state index in [9.17, 15) is 4.79 Å². The van der Waals surface area contributed by atoms with Crippen LogP contribution in [0.1, 0.15) is 5.56 Å². The molecule has 0 radical (unpaired) electrons. The van der Waals surface area contributed by atoms with E-state index in [1.165, 1.54) is 20.3 Å². The van der Waals surface area contributed by atoms with Gasteiger partial charge in [-0.25, -0.2) is 4.79 Å². The molecule has 18 heavy (non-hydrogen) atoms. The Balaban J connectivity index is 2.83. The van der Waals surface area contributed by atoms with Crippen molar-refractivity contribution in [2.45, 2.75) is 0 Å². The van der Waals surface area contributed by atoms with Crippen LogP contribution in [-0.4, -0.2) is 20.2 Å². The smallest absolute Gasteiger partial charge is 0.373 e. The van der Waals surface area contributed by atoms with E-state index < -0.39 is 5.97 Å². The summed E-state index contributed by atoms with van der Waals surface area (Å²) in [6, 6.07) is 5.23. The number of rotatable bonds is 4. The third-order valence-electron chi connectivity index (χ3n) is 2.09. The number of carbonyl (C=O) groups is 1. The Kier molecular flexibility index (Phi) is 5.75. The molecule has 0 aromatic heterocycles. The van der Waals surface area contributed by atoms with Gasteiger partial charge in [-0.15, -0.1) is 0 Å². The lowest BCUT2D eigenvalue weighted by atomic mass is 10.2. The molecule has 3 nitrogen and oxygen atoms in total. The maximum atomic E-state index is 11.2. The maximum Gasteiger partial charge on any atom is 0.373 e. The van der Waals surface area contributed by atoms with E-state index in [1.807, 2.05) is 6.07 Å². The zero-order valence-corrected chi connectivity index (χ0v) is 11.5. The van der Waals surface area contributed by atoms with Crippen molar-refractivity contribution in [2.75, 3.05) is 14.2 Å². The van der Waals surface area contributed by atoms with Crippen molar-refractivity contribution in [1.82, 2.24) is 0 Å². The summed E-state index contributed by atoms with van der Waals surface area (Å²) in [4.78, 5) is 11.2. The first-order chi connectivity index (χ1) is 8.58. The zero-order chi connectivity index (χ0) is 13.5. The lowest BCUT2D eigenvalue weighted by Crippen LogP contribution is -2.05. The number of hydrogen-bond donors (Lipinski definition) is 0. The molecule has 0 spiro atoms. The van der Waals surface area contributed by atoms with Crippen LogP contribution in [0.4, 0.5) is 0 Å². The molecular formula is C13H12Cl2O3. The SMILES string of the molecule is COC(=O)/C(=C/C=C/c1ccc(Cl)c(Cl)c1)OC. The second kappa shape index (κ2) is 7.09. The summed E-state index contributed by atoms with van der Waals surface area (Å²) in [5.41, 5.74) is 0.862. The average molecular weight is 287 g/mol. The Bertz CT molecular complexity index is 493. The minimum Gasteiger partial charge on any atom is -0.490 e. The molecule has 0 aliphatic heterocycles. The fraction of sp³-hybridized carbons (Fsp3) is 0.154. The van der Waals surface area contributed by atoms with Crippen LogP contribution in [0.3, 0.4) is 0 Å². The summed E-state index contributed by atoms with van der Waals surface area (Å²) in [5, 5.41) is 0.972. The lowest BCUT2D eigenvalue weighted by molar-refractivity contribution is -0.139. The van der Waals surface area contributed by atoms with Crippen molar-refractivity contribution in [2.24, 2.45) is 0 Å². The van der Waals surface area contributed by atoms with Crippen molar-refractivity contribution in [1.29, 1.82) is 0 Å². The molecule has 0 amide bonds. The van der Waals surface area contributed by atoms with Crippen molar-refractivity contribution < 1.29 is 14.3 Å². The Hall–Kier alpha value is -1.45. The highest BCUT2D eigenvalue weighted by atomic mass is 35.5. The fourth-order valence-corrected chi connectivity index (χ4v) is 1.49. The van der Waals surface area contributed by atoms with E-state index in [4.69, 9.17) is 27.9 Å². The second-order valence-electron chi connectivity index (χ2n) is 3.26. The molecule has 0 unspecified atom stereocenters. The molecule has 0 bridgehead atoms. The van der Waals surface area contributed by atoms with Crippen LogP contribution in [0.2, 0.25) is 10.0 Å². The van der Waals surface area contributed by atoms with Gasteiger partial charge < -0.3 is 9.47 Å². The van der Waals surface area contributed by atoms with E-state index in [1.54, 1.807) is 24.3 Å². The topological polar surface area (TPSA) is 35.5 Å². The predicted octanol–water partition coefficient (Wildman–Crippen LogP) is 3.71. The van der Waals surface area contributed by atoms with Gasteiger partial charge in [-0.05, 0) is 23.8 Å². The minimum absolute atomic E-state index is 0.119. The molecule has 0 N–H and O–H groups in total. The minimum atomic E-state index is -0.531. The van der Waals surface area contributed by atoms with Crippen molar-refractivity contribution in [3.8, 4) is 0 Å². The Morgan fingerprint density at radius 1 is 1.17 bits per heavy atom. The van der Waals surface area contributed by atoms with Crippen molar-refractivity contribution in [3.63, 3.8) is 0 Å². The van der Waals surface area contributed by atoms with Gasteiger partial charge in [-0.3, -0.25) is 0 Å². The average Bonchev–Trinajstić information content (AvgIpc) is 2.38.